The summed E-state index contributed by atoms with van der Waals surface area (Å²) in [5.41, 5.74) is -1.17. The molecule has 0 bridgehead atoms. The Hall–Kier alpha value is -1.40. The standard InChI is InChI=1S/C8H7F5N2/c1-14-6-3-2-5(4-15-6)7(9,10)8(11,12)13/h2-4H,1H3,(H,14,15). The average Bonchev–Trinajstić information content (AvgIpc) is 2.16. The van der Waals surface area contributed by atoms with Crippen molar-refractivity contribution in [2.45, 2.75) is 12.1 Å². The highest BCUT2D eigenvalue weighted by atomic mass is 19.4. The van der Waals surface area contributed by atoms with Crippen LogP contribution in [0, 0.1) is 0 Å². The molecule has 0 fully saturated rings. The number of alkyl halides is 5. The van der Waals surface area contributed by atoms with Gasteiger partial charge >= 0.3 is 12.1 Å². The van der Waals surface area contributed by atoms with Crippen LogP contribution in [0.25, 0.3) is 0 Å². The smallest absolute Gasteiger partial charge is 0.373 e. The van der Waals surface area contributed by atoms with Crippen LogP contribution in [0.4, 0.5) is 27.8 Å². The van der Waals surface area contributed by atoms with Gasteiger partial charge in [-0.05, 0) is 12.1 Å². The first-order valence-electron chi connectivity index (χ1n) is 3.88. The number of nitrogens with one attached hydrogen (secondary N) is 1. The second-order valence-corrected chi connectivity index (χ2v) is 2.75. The third-order valence-corrected chi connectivity index (χ3v) is 1.74. The molecule has 1 aromatic rings. The molecule has 0 saturated heterocycles. The third-order valence-electron chi connectivity index (χ3n) is 1.74. The van der Waals surface area contributed by atoms with Crippen LogP contribution in [-0.4, -0.2) is 18.2 Å². The lowest BCUT2D eigenvalue weighted by atomic mass is 10.1. The molecular formula is C8H7F5N2. The lowest BCUT2D eigenvalue weighted by molar-refractivity contribution is -0.289. The number of hydrogen-bond donors (Lipinski definition) is 1. The molecule has 0 atom stereocenters. The maximum atomic E-state index is 12.7. The molecule has 0 unspecified atom stereocenters. The zero-order chi connectivity index (χ0) is 11.7. The fourth-order valence-corrected chi connectivity index (χ4v) is 0.891. The molecule has 84 valence electrons. The molecule has 0 aliphatic rings. The molecule has 0 saturated carbocycles. The van der Waals surface area contributed by atoms with Gasteiger partial charge in [0.25, 0.3) is 0 Å². The SMILES string of the molecule is CNc1ccc(C(F)(F)C(F)(F)F)cn1. The number of nitrogens with zero attached hydrogens (tertiary/aromatic N) is 1. The molecule has 15 heavy (non-hydrogen) atoms. The minimum atomic E-state index is -5.60. The Kier molecular flexibility index (Phi) is 2.83. The van der Waals surface area contributed by atoms with Gasteiger partial charge in [0.1, 0.15) is 5.82 Å². The molecule has 1 rings (SSSR count). The topological polar surface area (TPSA) is 24.9 Å². The van der Waals surface area contributed by atoms with Crippen LogP contribution in [0.2, 0.25) is 0 Å². The Morgan fingerprint density at radius 1 is 1.13 bits per heavy atom. The highest BCUT2D eigenvalue weighted by molar-refractivity contribution is 5.35. The Balaban J connectivity index is 3.06. The van der Waals surface area contributed by atoms with Gasteiger partial charge in [-0.2, -0.15) is 22.0 Å². The van der Waals surface area contributed by atoms with Crippen LogP contribution in [0.5, 0.6) is 0 Å². The second kappa shape index (κ2) is 3.63. The van der Waals surface area contributed by atoms with Crippen LogP contribution in [0.15, 0.2) is 18.3 Å². The molecule has 0 aromatic carbocycles. The summed E-state index contributed by atoms with van der Waals surface area (Å²) >= 11 is 0. The van der Waals surface area contributed by atoms with Crippen molar-refractivity contribution in [3.05, 3.63) is 23.9 Å². The summed E-state index contributed by atoms with van der Waals surface area (Å²) in [6.45, 7) is 0. The summed E-state index contributed by atoms with van der Waals surface area (Å²) in [7, 11) is 1.48. The zero-order valence-corrected chi connectivity index (χ0v) is 7.57. The van der Waals surface area contributed by atoms with Gasteiger partial charge in [0.2, 0.25) is 0 Å². The summed E-state index contributed by atoms with van der Waals surface area (Å²) in [6.07, 6.45) is -5.10. The number of halogens is 5. The van der Waals surface area contributed by atoms with E-state index in [2.05, 4.69) is 10.3 Å². The minimum absolute atomic E-state index is 0.219. The van der Waals surface area contributed by atoms with E-state index in [-0.39, 0.29) is 5.82 Å². The lowest BCUT2D eigenvalue weighted by Crippen LogP contribution is -2.33. The molecule has 2 nitrogen and oxygen atoms in total. The van der Waals surface area contributed by atoms with Crippen molar-refractivity contribution in [2.75, 3.05) is 12.4 Å². The predicted octanol–water partition coefficient (Wildman–Crippen LogP) is 2.78. The van der Waals surface area contributed by atoms with Gasteiger partial charge < -0.3 is 5.32 Å². The molecule has 7 heteroatoms. The highest BCUT2D eigenvalue weighted by Crippen LogP contribution is 2.43. The molecule has 1 heterocycles. The molecule has 0 spiro atoms. The number of rotatable bonds is 2. The van der Waals surface area contributed by atoms with E-state index in [1.807, 2.05) is 0 Å². The largest absolute Gasteiger partial charge is 0.458 e. The zero-order valence-electron chi connectivity index (χ0n) is 7.57. The summed E-state index contributed by atoms with van der Waals surface area (Å²) in [5.74, 6) is -4.65. The van der Waals surface area contributed by atoms with Crippen LogP contribution < -0.4 is 5.32 Å². The first-order valence-corrected chi connectivity index (χ1v) is 3.88. The first kappa shape index (κ1) is 11.7. The van der Waals surface area contributed by atoms with Gasteiger partial charge in [-0.3, -0.25) is 0 Å². The van der Waals surface area contributed by atoms with E-state index in [0.717, 1.165) is 6.07 Å². The van der Waals surface area contributed by atoms with E-state index >= 15 is 0 Å². The Labute approximate surface area is 82.1 Å². The number of pyridine rings is 1. The molecule has 1 aromatic heterocycles. The molecule has 1 N–H and O–H groups in total. The summed E-state index contributed by atoms with van der Waals surface area (Å²) in [4.78, 5) is 3.39. The van der Waals surface area contributed by atoms with Crippen LogP contribution in [-0.2, 0) is 5.92 Å². The highest BCUT2D eigenvalue weighted by Gasteiger charge is 2.58. The van der Waals surface area contributed by atoms with Gasteiger partial charge in [-0.1, -0.05) is 0 Å². The second-order valence-electron chi connectivity index (χ2n) is 2.75. The number of anilines is 1. The van der Waals surface area contributed by atoms with Crippen molar-refractivity contribution >= 4 is 5.82 Å². The van der Waals surface area contributed by atoms with Crippen molar-refractivity contribution in [3.63, 3.8) is 0 Å². The van der Waals surface area contributed by atoms with E-state index in [4.69, 9.17) is 0 Å². The van der Waals surface area contributed by atoms with E-state index < -0.39 is 17.7 Å². The van der Waals surface area contributed by atoms with Crippen LogP contribution in [0.1, 0.15) is 5.56 Å². The monoisotopic (exact) mass is 226 g/mol. The number of hydrogen-bond acceptors (Lipinski definition) is 2. The Morgan fingerprint density at radius 3 is 2.07 bits per heavy atom. The normalized spacial score (nSPS) is 12.7. The fraction of sp³-hybridized carbons (Fsp3) is 0.375. The van der Waals surface area contributed by atoms with Gasteiger partial charge in [0, 0.05) is 18.8 Å². The molecule has 0 aliphatic carbocycles. The van der Waals surface area contributed by atoms with Crippen LogP contribution >= 0.6 is 0 Å². The van der Waals surface area contributed by atoms with E-state index in [9.17, 15) is 22.0 Å². The Morgan fingerprint density at radius 2 is 1.73 bits per heavy atom. The number of aromatic nitrogens is 1. The summed E-state index contributed by atoms with van der Waals surface area (Å²) in [6, 6.07) is 1.74. The quantitative estimate of drug-likeness (QED) is 0.784. The average molecular weight is 226 g/mol. The van der Waals surface area contributed by atoms with E-state index in [1.165, 1.54) is 7.05 Å². The molecule has 0 radical (unpaired) electrons. The molecule has 0 aliphatic heterocycles. The maximum absolute atomic E-state index is 12.7. The Bertz CT molecular complexity index is 330. The van der Waals surface area contributed by atoms with Crippen molar-refractivity contribution in [3.8, 4) is 0 Å². The van der Waals surface area contributed by atoms with Crippen LogP contribution in [0.3, 0.4) is 0 Å². The van der Waals surface area contributed by atoms with Crippen molar-refractivity contribution in [1.29, 1.82) is 0 Å². The maximum Gasteiger partial charge on any atom is 0.458 e. The predicted molar refractivity (Wildman–Crippen MR) is 43.7 cm³/mol. The lowest BCUT2D eigenvalue weighted by Gasteiger charge is -2.19. The fourth-order valence-electron chi connectivity index (χ4n) is 0.891. The molecular weight excluding hydrogens is 219 g/mol. The van der Waals surface area contributed by atoms with E-state index in [1.54, 1.807) is 0 Å². The van der Waals surface area contributed by atoms with Gasteiger partial charge in [-0.15, -0.1) is 0 Å². The summed E-state index contributed by atoms with van der Waals surface area (Å²) < 4.78 is 61.2. The minimum Gasteiger partial charge on any atom is -0.373 e. The third kappa shape index (κ3) is 2.16. The first-order chi connectivity index (χ1) is 6.79. The van der Waals surface area contributed by atoms with Gasteiger partial charge in [0.15, 0.2) is 0 Å². The van der Waals surface area contributed by atoms with E-state index in [0.29, 0.717) is 12.3 Å². The van der Waals surface area contributed by atoms with Crippen molar-refractivity contribution in [2.24, 2.45) is 0 Å². The molecule has 0 amide bonds. The van der Waals surface area contributed by atoms with Crippen molar-refractivity contribution < 1.29 is 22.0 Å². The summed E-state index contributed by atoms with van der Waals surface area (Å²) in [5, 5.41) is 2.51. The van der Waals surface area contributed by atoms with Crippen molar-refractivity contribution in [1.82, 2.24) is 4.98 Å². The van der Waals surface area contributed by atoms with Gasteiger partial charge in [-0.25, -0.2) is 4.98 Å². The van der Waals surface area contributed by atoms with Gasteiger partial charge in [0.05, 0.1) is 0 Å².